The highest BCUT2D eigenvalue weighted by Gasteiger charge is 2.45. The summed E-state index contributed by atoms with van der Waals surface area (Å²) in [5, 5.41) is 11.3. The normalized spacial score (nSPS) is 18.0. The van der Waals surface area contributed by atoms with E-state index in [4.69, 9.17) is 4.42 Å². The summed E-state index contributed by atoms with van der Waals surface area (Å²) in [4.78, 5) is 31.1. The number of hydrogen-bond donors (Lipinski definition) is 0. The van der Waals surface area contributed by atoms with E-state index in [1.54, 1.807) is 0 Å². The standard InChI is InChI=1S/C75H44N2O3/c1-35-24-36(2)65(37(3)25-35)38-26-53-48-28-51-56(74(78)68-43-18-8-4-14-39(43)66(51)40-15-5-9-19-44(40)68)31-59(48)76-61-33-58-62(30-50(61)54(27-38)72(53)76)77-60-32-57-52(67-41-16-6-10-20-45(41)69(75(57)79)46-21-11-7-17-42(46)67)29-49(60)55-34-64-70(71(58)73(55)77)47-22-12-13-23-63(47)80-64/h4-34,66-69H,1-3H3. The molecule has 0 fully saturated rings. The average Bonchev–Trinajstić information content (AvgIpc) is 3.03. The molecule has 0 saturated carbocycles. The fourth-order valence-corrected chi connectivity index (χ4v) is 17.0. The van der Waals surface area contributed by atoms with Crippen molar-refractivity contribution in [3.63, 3.8) is 0 Å². The molecule has 0 radical (unpaired) electrons. The molecule has 11 aromatic carbocycles. The smallest absolute Gasteiger partial charge is 0.175 e. The van der Waals surface area contributed by atoms with Gasteiger partial charge in [0.25, 0.3) is 0 Å². The summed E-state index contributed by atoms with van der Waals surface area (Å²) in [5.41, 5.74) is 27.4. The Morgan fingerprint density at radius 3 is 1.27 bits per heavy atom. The predicted molar refractivity (Wildman–Crippen MR) is 323 cm³/mol. The fourth-order valence-electron chi connectivity index (χ4n) is 17.0. The van der Waals surface area contributed by atoms with Gasteiger partial charge in [-0.1, -0.05) is 133 Å². The number of ketones is 2. The Balaban J connectivity index is 0.948. The van der Waals surface area contributed by atoms with Crippen molar-refractivity contribution in [2.45, 2.75) is 44.4 Å². The molecule has 5 heteroatoms. The molecule has 16 aromatic rings. The second-order valence-electron chi connectivity index (χ2n) is 23.8. The van der Waals surface area contributed by atoms with Crippen molar-refractivity contribution >= 4 is 110 Å². The topological polar surface area (TPSA) is 56.1 Å². The number of aromatic nitrogens is 2. The van der Waals surface area contributed by atoms with Crippen molar-refractivity contribution in [3.8, 4) is 11.1 Å². The lowest BCUT2D eigenvalue weighted by molar-refractivity contribution is 0.0966. The first kappa shape index (κ1) is 42.2. The van der Waals surface area contributed by atoms with Crippen molar-refractivity contribution in [3.05, 3.63) is 272 Å². The largest absolute Gasteiger partial charge is 0.456 e. The van der Waals surface area contributed by atoms with Crippen LogP contribution in [0.25, 0.3) is 109 Å². The number of nitrogens with zero attached hydrogens (tertiary/aromatic N) is 2. The Morgan fingerprint density at radius 2 is 0.750 bits per heavy atom. The molecule has 0 N–H and O–H groups in total. The molecule has 6 aliphatic carbocycles. The van der Waals surface area contributed by atoms with Gasteiger partial charge in [0, 0.05) is 76.8 Å². The van der Waals surface area contributed by atoms with Gasteiger partial charge >= 0.3 is 0 Å². The summed E-state index contributed by atoms with van der Waals surface area (Å²) in [6, 6.07) is 68.8. The molecule has 80 heavy (non-hydrogen) atoms. The number of furan rings is 1. The summed E-state index contributed by atoms with van der Waals surface area (Å²) >= 11 is 0. The van der Waals surface area contributed by atoms with Crippen LogP contribution in [-0.2, 0) is 0 Å². The molecule has 0 unspecified atom stereocenters. The van der Waals surface area contributed by atoms with Crippen LogP contribution < -0.4 is 0 Å². The predicted octanol–water partition coefficient (Wildman–Crippen LogP) is 18.1. The minimum atomic E-state index is -0.383. The zero-order chi connectivity index (χ0) is 52.5. The molecule has 0 atom stereocenters. The van der Waals surface area contributed by atoms with E-state index in [1.807, 2.05) is 0 Å². The second-order valence-corrected chi connectivity index (χ2v) is 23.8. The van der Waals surface area contributed by atoms with Gasteiger partial charge in [-0.05, 0) is 159 Å². The summed E-state index contributed by atoms with van der Waals surface area (Å²) in [6.07, 6.45) is 0. The van der Waals surface area contributed by atoms with Gasteiger partial charge in [0.2, 0.25) is 0 Å². The number of carbonyl (C=O) groups is 2. The number of para-hydroxylation sites is 1. The third-order valence-electron chi connectivity index (χ3n) is 19.9. The van der Waals surface area contributed by atoms with E-state index in [2.05, 4.69) is 218 Å². The van der Waals surface area contributed by atoms with E-state index in [-0.39, 0.29) is 35.2 Å². The molecule has 22 rings (SSSR count). The molecule has 4 bridgehead atoms. The van der Waals surface area contributed by atoms with E-state index in [1.165, 1.54) is 60.8 Å². The van der Waals surface area contributed by atoms with Crippen LogP contribution in [0.5, 0.6) is 0 Å². The number of carbonyl (C=O) groups excluding carboxylic acids is 2. The highest BCUT2D eigenvalue weighted by Crippen LogP contribution is 2.57. The summed E-state index contributed by atoms with van der Waals surface area (Å²) in [6.45, 7) is 6.67. The Morgan fingerprint density at radius 1 is 0.338 bits per heavy atom. The molecule has 5 heterocycles. The molecular formula is C75H44N2O3. The van der Waals surface area contributed by atoms with E-state index in [9.17, 15) is 0 Å². The Bertz CT molecular complexity index is 5540. The second kappa shape index (κ2) is 14.1. The van der Waals surface area contributed by atoms with Crippen LogP contribution in [-0.4, -0.2) is 20.4 Å². The first-order valence-electron chi connectivity index (χ1n) is 28.1. The van der Waals surface area contributed by atoms with Crippen LogP contribution >= 0.6 is 0 Å². The maximum atomic E-state index is 15.6. The van der Waals surface area contributed by atoms with Gasteiger partial charge in [0.15, 0.2) is 11.6 Å². The van der Waals surface area contributed by atoms with Crippen molar-refractivity contribution < 1.29 is 14.0 Å². The molecule has 372 valence electrons. The molecule has 0 spiro atoms. The summed E-state index contributed by atoms with van der Waals surface area (Å²) < 4.78 is 11.9. The summed E-state index contributed by atoms with van der Waals surface area (Å²) in [5.74, 6) is -0.615. The SMILES string of the molecule is Cc1cc(C)c(-c2cc3c4cc5c(cc4n4c6cc7c8c9c(cc%10c%11cc%12c(cc%11n(c7cc6c(c2)c34)c%108)C(=O)C2c3ccccc3C%12c3ccccc32)oc2ccccc29)C(=O)C2c3ccccc3C5c3ccccc32)c(C)c1. The molecule has 0 amide bonds. The quantitative estimate of drug-likeness (QED) is 0.165. The lowest BCUT2D eigenvalue weighted by atomic mass is 9.72. The monoisotopic (exact) mass is 1020 g/mol. The number of aryl methyl sites for hydroxylation is 3. The molecule has 5 aromatic heterocycles. The number of fused-ring (bicyclic) bond motifs is 16. The van der Waals surface area contributed by atoms with Crippen LogP contribution in [0.4, 0.5) is 0 Å². The van der Waals surface area contributed by atoms with Crippen LogP contribution in [0.1, 0.15) is 117 Å². The molecule has 6 aliphatic rings. The van der Waals surface area contributed by atoms with Crippen LogP contribution in [0, 0.1) is 20.8 Å². The third-order valence-corrected chi connectivity index (χ3v) is 19.9. The summed E-state index contributed by atoms with van der Waals surface area (Å²) in [7, 11) is 0. The maximum absolute atomic E-state index is 15.6. The zero-order valence-electron chi connectivity index (χ0n) is 43.8. The van der Waals surface area contributed by atoms with Crippen LogP contribution in [0.15, 0.2) is 192 Å². The van der Waals surface area contributed by atoms with E-state index in [0.717, 1.165) is 132 Å². The number of benzene rings is 11. The molecular weight excluding hydrogens is 977 g/mol. The zero-order valence-corrected chi connectivity index (χ0v) is 43.8. The van der Waals surface area contributed by atoms with Gasteiger partial charge in [-0.25, -0.2) is 0 Å². The third kappa shape index (κ3) is 4.80. The number of Topliss-reactive ketones (excluding diaryl/α,β-unsaturated/α-hetero) is 2. The fraction of sp³-hybridized carbons (Fsp3) is 0.0933. The van der Waals surface area contributed by atoms with Crippen molar-refractivity contribution in [1.82, 2.24) is 8.80 Å². The molecule has 0 saturated heterocycles. The van der Waals surface area contributed by atoms with Crippen molar-refractivity contribution in [2.75, 3.05) is 0 Å². The number of rotatable bonds is 1. The highest BCUT2D eigenvalue weighted by molar-refractivity contribution is 6.37. The van der Waals surface area contributed by atoms with Gasteiger partial charge in [0.1, 0.15) is 11.2 Å². The van der Waals surface area contributed by atoms with Gasteiger partial charge in [-0.15, -0.1) is 0 Å². The van der Waals surface area contributed by atoms with E-state index in [0.29, 0.717) is 0 Å². The van der Waals surface area contributed by atoms with Gasteiger partial charge < -0.3 is 13.2 Å². The Hall–Kier alpha value is -9.84. The first-order chi connectivity index (χ1) is 39.3. The lowest BCUT2D eigenvalue weighted by Crippen LogP contribution is -2.19. The van der Waals surface area contributed by atoms with Gasteiger partial charge in [-0.3, -0.25) is 9.59 Å². The average molecular weight is 1020 g/mol. The molecule has 0 aliphatic heterocycles. The van der Waals surface area contributed by atoms with Crippen molar-refractivity contribution in [2.24, 2.45) is 0 Å². The first-order valence-corrected chi connectivity index (χ1v) is 28.1. The highest BCUT2D eigenvalue weighted by atomic mass is 16.3. The van der Waals surface area contributed by atoms with Crippen LogP contribution in [0.3, 0.4) is 0 Å². The van der Waals surface area contributed by atoms with Gasteiger partial charge in [-0.2, -0.15) is 0 Å². The lowest BCUT2D eigenvalue weighted by Gasteiger charge is -2.30. The minimum absolute atomic E-state index is 0.0750. The Labute approximate surface area is 457 Å². The maximum Gasteiger partial charge on any atom is 0.175 e. The van der Waals surface area contributed by atoms with E-state index < -0.39 is 0 Å². The van der Waals surface area contributed by atoms with Crippen molar-refractivity contribution in [1.29, 1.82) is 0 Å². The van der Waals surface area contributed by atoms with Crippen LogP contribution in [0.2, 0.25) is 0 Å². The Kier molecular flexibility index (Phi) is 7.42. The molecule has 5 nitrogen and oxygen atoms in total. The van der Waals surface area contributed by atoms with E-state index >= 15 is 9.59 Å². The number of hydrogen-bond acceptors (Lipinski definition) is 3. The van der Waals surface area contributed by atoms with Gasteiger partial charge in [0.05, 0.1) is 44.9 Å². The minimum Gasteiger partial charge on any atom is -0.456 e.